The molecule has 1 amide bonds. The van der Waals surface area contributed by atoms with Crippen LogP contribution in [-0.2, 0) is 11.3 Å². The van der Waals surface area contributed by atoms with Gasteiger partial charge in [-0.05, 0) is 62.3 Å². The number of amides is 1. The van der Waals surface area contributed by atoms with E-state index in [-0.39, 0.29) is 11.8 Å². The molecule has 0 N–H and O–H groups in total. The second-order valence-electron chi connectivity index (χ2n) is 9.05. The summed E-state index contributed by atoms with van der Waals surface area (Å²) < 4.78 is 10.7. The Bertz CT molecular complexity index is 1140. The third-order valence-electron chi connectivity index (χ3n) is 6.91. The van der Waals surface area contributed by atoms with E-state index in [1.807, 2.05) is 41.3 Å². The first kappa shape index (κ1) is 23.6. The molecule has 2 fully saturated rings. The number of likely N-dealkylation sites (tertiary alicyclic amines) is 1. The van der Waals surface area contributed by atoms with Crippen LogP contribution in [0.2, 0.25) is 5.02 Å². The van der Waals surface area contributed by atoms with E-state index >= 15 is 0 Å². The highest BCUT2D eigenvalue weighted by Crippen LogP contribution is 2.27. The van der Waals surface area contributed by atoms with Crippen LogP contribution in [0.25, 0.3) is 11.4 Å². The maximum absolute atomic E-state index is 13.2. The Morgan fingerprint density at radius 1 is 1.03 bits per heavy atom. The fraction of sp³-hybridized carbons (Fsp3) is 0.423. The predicted octanol–water partition coefficient (Wildman–Crippen LogP) is 3.96. The first-order chi connectivity index (χ1) is 17.1. The summed E-state index contributed by atoms with van der Waals surface area (Å²) in [6, 6.07) is 15.6. The number of anilines is 1. The highest BCUT2D eigenvalue weighted by Gasteiger charge is 2.31. The lowest BCUT2D eigenvalue weighted by molar-refractivity contribution is -0.137. The second-order valence-corrected chi connectivity index (χ2v) is 9.46. The number of ether oxygens (including phenoxy) is 1. The van der Waals surface area contributed by atoms with E-state index in [1.54, 1.807) is 7.11 Å². The van der Waals surface area contributed by atoms with Gasteiger partial charge >= 0.3 is 0 Å². The fourth-order valence-corrected chi connectivity index (χ4v) is 5.06. The minimum absolute atomic E-state index is 0.0835. The average molecular weight is 496 g/mol. The molecule has 2 aromatic carbocycles. The number of halogens is 1. The molecule has 8 nitrogen and oxygen atoms in total. The van der Waals surface area contributed by atoms with Crippen molar-refractivity contribution in [1.29, 1.82) is 0 Å². The minimum atomic E-state index is 0.0835. The predicted molar refractivity (Wildman–Crippen MR) is 135 cm³/mol. The number of carbonyl (C=O) groups is 1. The van der Waals surface area contributed by atoms with Gasteiger partial charge in [-0.3, -0.25) is 9.69 Å². The normalized spacial score (nSPS) is 17.5. The standard InChI is InChI=1S/C26H30ClN5O3/c1-34-21-8-6-20(7-9-21)31-14-16-32(17-15-31)26(33)19-10-12-30(13-11-19)18-24-28-25(29-35-24)22-4-2-3-5-23(22)27/h2-9,19H,10-18H2,1H3. The summed E-state index contributed by atoms with van der Waals surface area (Å²) in [4.78, 5) is 24.3. The smallest absolute Gasteiger partial charge is 0.241 e. The van der Waals surface area contributed by atoms with Gasteiger partial charge in [-0.25, -0.2) is 0 Å². The quantitative estimate of drug-likeness (QED) is 0.512. The molecule has 0 unspecified atom stereocenters. The first-order valence-corrected chi connectivity index (χ1v) is 12.5. The molecular formula is C26H30ClN5O3. The summed E-state index contributed by atoms with van der Waals surface area (Å²) in [7, 11) is 1.67. The van der Waals surface area contributed by atoms with Gasteiger partial charge in [-0.2, -0.15) is 4.98 Å². The monoisotopic (exact) mass is 495 g/mol. The van der Waals surface area contributed by atoms with Crippen molar-refractivity contribution in [3.63, 3.8) is 0 Å². The molecule has 3 aromatic rings. The van der Waals surface area contributed by atoms with Crippen LogP contribution in [0, 0.1) is 5.92 Å². The van der Waals surface area contributed by atoms with Crippen LogP contribution in [0.15, 0.2) is 53.1 Å². The van der Waals surface area contributed by atoms with Crippen LogP contribution in [0.1, 0.15) is 18.7 Å². The maximum atomic E-state index is 13.2. The number of methoxy groups -OCH3 is 1. The van der Waals surface area contributed by atoms with Gasteiger partial charge in [0.05, 0.1) is 18.7 Å². The molecule has 1 aromatic heterocycles. The van der Waals surface area contributed by atoms with Gasteiger partial charge in [0, 0.05) is 43.3 Å². The summed E-state index contributed by atoms with van der Waals surface area (Å²) in [6.45, 7) is 5.48. The number of piperazine rings is 1. The third-order valence-corrected chi connectivity index (χ3v) is 7.24. The molecule has 0 spiro atoms. The van der Waals surface area contributed by atoms with Crippen molar-refractivity contribution in [2.45, 2.75) is 19.4 Å². The van der Waals surface area contributed by atoms with Gasteiger partial charge < -0.3 is 19.1 Å². The summed E-state index contributed by atoms with van der Waals surface area (Å²) in [6.07, 6.45) is 1.70. The van der Waals surface area contributed by atoms with Crippen LogP contribution in [0.3, 0.4) is 0 Å². The SMILES string of the molecule is COc1ccc(N2CCN(C(=O)C3CCN(Cc4nc(-c5ccccc5Cl)no4)CC3)CC2)cc1. The Morgan fingerprint density at radius 2 is 1.74 bits per heavy atom. The zero-order valence-corrected chi connectivity index (χ0v) is 20.7. The van der Waals surface area contributed by atoms with Crippen molar-refractivity contribution in [2.75, 3.05) is 51.3 Å². The van der Waals surface area contributed by atoms with E-state index in [0.29, 0.717) is 23.3 Å². The Morgan fingerprint density at radius 3 is 2.43 bits per heavy atom. The zero-order valence-electron chi connectivity index (χ0n) is 19.9. The van der Waals surface area contributed by atoms with Crippen molar-refractivity contribution in [3.05, 3.63) is 59.4 Å². The molecule has 5 rings (SSSR count). The van der Waals surface area contributed by atoms with E-state index in [4.69, 9.17) is 20.9 Å². The van der Waals surface area contributed by atoms with Crippen LogP contribution in [0.5, 0.6) is 5.75 Å². The molecule has 0 atom stereocenters. The summed E-state index contributed by atoms with van der Waals surface area (Å²) in [5.74, 6) is 2.30. The van der Waals surface area contributed by atoms with Gasteiger partial charge in [0.25, 0.3) is 0 Å². The molecule has 0 aliphatic carbocycles. The molecule has 3 heterocycles. The van der Waals surface area contributed by atoms with E-state index in [1.165, 1.54) is 5.69 Å². The largest absolute Gasteiger partial charge is 0.497 e. The summed E-state index contributed by atoms with van der Waals surface area (Å²) in [5.41, 5.74) is 1.94. The topological polar surface area (TPSA) is 74.9 Å². The van der Waals surface area contributed by atoms with Crippen molar-refractivity contribution in [1.82, 2.24) is 19.9 Å². The molecule has 2 saturated heterocycles. The lowest BCUT2D eigenvalue weighted by atomic mass is 9.95. The van der Waals surface area contributed by atoms with Gasteiger partial charge in [0.2, 0.25) is 17.6 Å². The Balaban J connectivity index is 1.09. The molecule has 0 saturated carbocycles. The number of hydrogen-bond acceptors (Lipinski definition) is 7. The minimum Gasteiger partial charge on any atom is -0.497 e. The van der Waals surface area contributed by atoms with E-state index in [0.717, 1.165) is 63.4 Å². The molecular weight excluding hydrogens is 466 g/mol. The molecule has 184 valence electrons. The van der Waals surface area contributed by atoms with Gasteiger partial charge in [0.1, 0.15) is 5.75 Å². The second kappa shape index (κ2) is 10.7. The maximum Gasteiger partial charge on any atom is 0.241 e. The summed E-state index contributed by atoms with van der Waals surface area (Å²) >= 11 is 6.24. The van der Waals surface area contributed by atoms with Crippen molar-refractivity contribution in [3.8, 4) is 17.1 Å². The zero-order chi connectivity index (χ0) is 24.2. The molecule has 0 radical (unpaired) electrons. The third kappa shape index (κ3) is 5.44. The lowest BCUT2D eigenvalue weighted by Gasteiger charge is -2.39. The number of piperidine rings is 1. The molecule has 35 heavy (non-hydrogen) atoms. The number of carbonyl (C=O) groups excluding carboxylic acids is 1. The Hall–Kier alpha value is -3.10. The number of nitrogens with zero attached hydrogens (tertiary/aromatic N) is 5. The fourth-order valence-electron chi connectivity index (χ4n) is 4.84. The highest BCUT2D eigenvalue weighted by atomic mass is 35.5. The lowest BCUT2D eigenvalue weighted by Crippen LogP contribution is -2.51. The molecule has 9 heteroatoms. The average Bonchev–Trinajstić information content (AvgIpc) is 3.37. The van der Waals surface area contributed by atoms with Crippen LogP contribution in [-0.4, -0.2) is 72.2 Å². The van der Waals surface area contributed by atoms with Gasteiger partial charge in [-0.1, -0.05) is 28.9 Å². The van der Waals surface area contributed by atoms with Crippen molar-refractivity contribution >= 4 is 23.2 Å². The molecule has 2 aliphatic rings. The highest BCUT2D eigenvalue weighted by molar-refractivity contribution is 6.33. The first-order valence-electron chi connectivity index (χ1n) is 12.1. The Labute approximate surface area is 210 Å². The van der Waals surface area contributed by atoms with Crippen LogP contribution in [0.4, 0.5) is 5.69 Å². The van der Waals surface area contributed by atoms with E-state index < -0.39 is 0 Å². The van der Waals surface area contributed by atoms with Gasteiger partial charge in [-0.15, -0.1) is 0 Å². The summed E-state index contributed by atoms with van der Waals surface area (Å²) in [5, 5.41) is 4.69. The number of hydrogen-bond donors (Lipinski definition) is 0. The van der Waals surface area contributed by atoms with Crippen molar-refractivity contribution in [2.24, 2.45) is 5.92 Å². The number of rotatable bonds is 6. The van der Waals surface area contributed by atoms with Crippen LogP contribution >= 0.6 is 11.6 Å². The van der Waals surface area contributed by atoms with E-state index in [2.05, 4.69) is 32.1 Å². The van der Waals surface area contributed by atoms with Crippen molar-refractivity contribution < 1.29 is 14.1 Å². The molecule has 2 aliphatic heterocycles. The Kier molecular flexibility index (Phi) is 7.20. The number of aromatic nitrogens is 2. The van der Waals surface area contributed by atoms with Gasteiger partial charge in [0.15, 0.2) is 0 Å². The van der Waals surface area contributed by atoms with E-state index in [9.17, 15) is 4.79 Å². The molecule has 0 bridgehead atoms. The number of benzene rings is 2. The van der Waals surface area contributed by atoms with Crippen LogP contribution < -0.4 is 9.64 Å².